The van der Waals surface area contributed by atoms with Crippen molar-refractivity contribution >= 4 is 51.2 Å². The summed E-state index contributed by atoms with van der Waals surface area (Å²) in [5.74, 6) is -0.654. The van der Waals surface area contributed by atoms with Gasteiger partial charge in [0.1, 0.15) is 5.75 Å². The molecular weight excluding hydrogens is 523 g/mol. The molecule has 0 saturated carbocycles. The number of aromatic hydroxyl groups is 2. The minimum atomic E-state index is -0.370. The largest absolute Gasteiger partial charge is 0.506 e. The van der Waals surface area contributed by atoms with Crippen LogP contribution in [0.25, 0.3) is 10.8 Å². The molecule has 0 saturated heterocycles. The van der Waals surface area contributed by atoms with Gasteiger partial charge in [0.15, 0.2) is 0 Å². The lowest BCUT2D eigenvalue weighted by Gasteiger charge is -2.08. The molecule has 0 atom stereocenters. The maximum absolute atomic E-state index is 12.1. The molecule has 1 heterocycles. The number of hydrogen-bond acceptors (Lipinski definition) is 6. The number of rotatable bonds is 7. The first-order valence-electron chi connectivity index (χ1n) is 9.73. The first-order valence-corrected chi connectivity index (χ1v) is 10.8. The first-order chi connectivity index (χ1) is 15.2. The number of H-pyrrole nitrogens is 1. The summed E-state index contributed by atoms with van der Waals surface area (Å²) in [6, 6.07) is 10.2. The van der Waals surface area contributed by atoms with Crippen LogP contribution in [-0.2, 0) is 11.3 Å². The molecule has 0 aliphatic rings. The lowest BCUT2D eigenvalue weighted by atomic mass is 10.1. The van der Waals surface area contributed by atoms with Crippen LogP contribution in [0.2, 0.25) is 0 Å². The minimum Gasteiger partial charge on any atom is -0.506 e. The fourth-order valence-corrected chi connectivity index (χ4v) is 3.50. The number of hydrogen-bond donors (Lipinski definition) is 4. The van der Waals surface area contributed by atoms with Crippen molar-refractivity contribution in [1.82, 2.24) is 9.88 Å². The molecule has 0 spiro atoms. The van der Waals surface area contributed by atoms with Crippen LogP contribution in [0, 0.1) is 3.57 Å². The zero-order valence-electron chi connectivity index (χ0n) is 17.6. The smallest absolute Gasteiger partial charge is 0.258 e. The van der Waals surface area contributed by atoms with Crippen molar-refractivity contribution in [3.05, 3.63) is 73.6 Å². The molecule has 8 nitrogen and oxygen atoms in total. The Hall–Kier alpha value is -3.18. The highest BCUT2D eigenvalue weighted by molar-refractivity contribution is 14.1. The number of carbonyl (C=O) groups excluding carboxylic acids is 1. The second kappa shape index (κ2) is 10.4. The van der Waals surface area contributed by atoms with E-state index in [-0.39, 0.29) is 29.6 Å². The van der Waals surface area contributed by atoms with Gasteiger partial charge in [-0.3, -0.25) is 19.6 Å². The zero-order valence-corrected chi connectivity index (χ0v) is 19.8. The Morgan fingerprint density at radius 1 is 1.19 bits per heavy atom. The molecule has 0 aliphatic heterocycles. The van der Waals surface area contributed by atoms with E-state index in [0.29, 0.717) is 34.1 Å². The van der Waals surface area contributed by atoms with E-state index in [4.69, 9.17) is 0 Å². The third-order valence-electron chi connectivity index (χ3n) is 4.56. The number of halogens is 1. The van der Waals surface area contributed by atoms with Crippen molar-refractivity contribution in [2.45, 2.75) is 6.54 Å². The summed E-state index contributed by atoms with van der Waals surface area (Å²) in [4.78, 5) is 32.7. The molecule has 0 radical (unpaired) electrons. The van der Waals surface area contributed by atoms with Gasteiger partial charge in [-0.1, -0.05) is 12.1 Å². The molecule has 4 N–H and O–H groups in total. The van der Waals surface area contributed by atoms with Crippen molar-refractivity contribution in [2.24, 2.45) is 4.99 Å². The van der Waals surface area contributed by atoms with Gasteiger partial charge in [-0.2, -0.15) is 0 Å². The molecule has 3 rings (SSSR count). The average molecular weight is 546 g/mol. The van der Waals surface area contributed by atoms with Crippen molar-refractivity contribution in [1.29, 1.82) is 0 Å². The fraction of sp³-hybridized carbons (Fsp3) is 0.174. The monoisotopic (exact) mass is 546 g/mol. The van der Waals surface area contributed by atoms with E-state index >= 15 is 0 Å². The van der Waals surface area contributed by atoms with Gasteiger partial charge in [0.2, 0.25) is 11.8 Å². The quantitative estimate of drug-likeness (QED) is 0.157. The number of aromatic amines is 1. The fourth-order valence-electron chi connectivity index (χ4n) is 3.01. The predicted molar refractivity (Wildman–Crippen MR) is 135 cm³/mol. The van der Waals surface area contributed by atoms with Crippen LogP contribution in [0.5, 0.6) is 11.6 Å². The van der Waals surface area contributed by atoms with Crippen LogP contribution in [0.15, 0.2) is 58.3 Å². The number of nitrogens with zero attached hydrogens (tertiary/aromatic N) is 2. The number of aliphatic imine (C=N–C) groups is 1. The average Bonchev–Trinajstić information content (AvgIpc) is 2.71. The highest BCUT2D eigenvalue weighted by Gasteiger charge is 2.10. The van der Waals surface area contributed by atoms with Crippen LogP contribution in [0.1, 0.15) is 11.1 Å². The minimum absolute atomic E-state index is 0.0704. The summed E-state index contributed by atoms with van der Waals surface area (Å²) in [5.41, 5.74) is 1.06. The van der Waals surface area contributed by atoms with E-state index in [0.717, 1.165) is 3.57 Å². The Labute approximate surface area is 198 Å². The number of carbonyl (C=O) groups is 1. The maximum atomic E-state index is 12.1. The second-order valence-electron chi connectivity index (χ2n) is 7.38. The Balaban J connectivity index is 1.74. The van der Waals surface area contributed by atoms with Crippen molar-refractivity contribution in [3.63, 3.8) is 0 Å². The number of aromatic nitrogens is 1. The normalized spacial score (nSPS) is 11.8. The summed E-state index contributed by atoms with van der Waals surface area (Å²) in [7, 11) is 3.80. The number of likely N-dealkylation sites (N-methyl/N-ethyl adjacent to an activating group) is 1. The van der Waals surface area contributed by atoms with Gasteiger partial charge in [-0.25, -0.2) is 0 Å². The Morgan fingerprint density at radius 2 is 1.97 bits per heavy atom. The summed E-state index contributed by atoms with van der Waals surface area (Å²) in [5, 5.41) is 24.1. The molecule has 3 aromatic rings. The van der Waals surface area contributed by atoms with Crippen LogP contribution >= 0.6 is 22.6 Å². The lowest BCUT2D eigenvalue weighted by Crippen LogP contribution is -2.13. The summed E-state index contributed by atoms with van der Waals surface area (Å²) < 4.78 is 0.925. The molecule has 2 aromatic carbocycles. The Bertz CT molecular complexity index is 1260. The highest BCUT2D eigenvalue weighted by atomic mass is 127. The number of fused-ring (bicyclic) bond motifs is 1. The number of nitrogens with one attached hydrogen (secondary N) is 2. The second-order valence-corrected chi connectivity index (χ2v) is 8.63. The van der Waals surface area contributed by atoms with E-state index in [2.05, 4.69) is 37.9 Å². The van der Waals surface area contributed by atoms with E-state index < -0.39 is 0 Å². The van der Waals surface area contributed by atoms with Gasteiger partial charge in [-0.15, -0.1) is 0 Å². The van der Waals surface area contributed by atoms with Crippen molar-refractivity contribution in [2.75, 3.05) is 26.0 Å². The molecule has 0 aliphatic carbocycles. The lowest BCUT2D eigenvalue weighted by molar-refractivity contribution is -0.111. The SMILES string of the molecule is CN(C)C/C=C/C(=O)Nc1ccc(CN=Cc2c(O)[nH]c(=O)c3ccc(I)cc23)cc1O. The summed E-state index contributed by atoms with van der Waals surface area (Å²) in [6.45, 7) is 0.865. The van der Waals surface area contributed by atoms with Crippen molar-refractivity contribution < 1.29 is 15.0 Å². The zero-order chi connectivity index (χ0) is 23.3. The van der Waals surface area contributed by atoms with Gasteiger partial charge >= 0.3 is 0 Å². The molecular formula is C23H23IN4O4. The summed E-state index contributed by atoms with van der Waals surface area (Å²) >= 11 is 2.14. The van der Waals surface area contributed by atoms with Crippen LogP contribution < -0.4 is 10.9 Å². The van der Waals surface area contributed by atoms with E-state index in [1.807, 2.05) is 31.1 Å². The maximum Gasteiger partial charge on any atom is 0.258 e. The van der Waals surface area contributed by atoms with Gasteiger partial charge in [-0.05, 0) is 72.6 Å². The van der Waals surface area contributed by atoms with Crippen molar-refractivity contribution in [3.8, 4) is 11.6 Å². The molecule has 1 amide bonds. The first kappa shape index (κ1) is 23.5. The number of anilines is 1. The molecule has 1 aromatic heterocycles. The third kappa shape index (κ3) is 5.95. The highest BCUT2D eigenvalue weighted by Crippen LogP contribution is 2.25. The number of phenolic OH excluding ortho intramolecular Hbond substituents is 1. The van der Waals surface area contributed by atoms with E-state index in [1.54, 1.807) is 24.3 Å². The molecule has 0 unspecified atom stereocenters. The van der Waals surface area contributed by atoms with E-state index in [9.17, 15) is 19.8 Å². The number of benzene rings is 2. The standard InChI is InChI=1S/C23H23IN4O4/c1-28(2)9-3-4-21(30)26-19-8-5-14(10-20(19)29)12-25-13-18-17-11-15(24)6-7-16(17)22(31)27-23(18)32/h3-8,10-11,13,29H,9,12H2,1-2H3,(H,26,30)(H2,27,31,32)/b4-3+,25-13?. The number of amides is 1. The predicted octanol–water partition coefficient (Wildman–Crippen LogP) is 3.22. The Kier molecular flexibility index (Phi) is 7.65. The number of pyridine rings is 1. The van der Waals surface area contributed by atoms with Gasteiger partial charge in [0.25, 0.3) is 5.56 Å². The molecule has 32 heavy (non-hydrogen) atoms. The van der Waals surface area contributed by atoms with Crippen LogP contribution in [0.3, 0.4) is 0 Å². The molecule has 166 valence electrons. The van der Waals surface area contributed by atoms with Crippen LogP contribution in [-0.4, -0.2) is 52.9 Å². The molecule has 0 bridgehead atoms. The summed E-state index contributed by atoms with van der Waals surface area (Å²) in [6.07, 6.45) is 4.64. The van der Waals surface area contributed by atoms with E-state index in [1.165, 1.54) is 18.4 Å². The topological polar surface area (TPSA) is 118 Å². The van der Waals surface area contributed by atoms with Crippen LogP contribution in [0.4, 0.5) is 5.69 Å². The Morgan fingerprint density at radius 3 is 2.69 bits per heavy atom. The third-order valence-corrected chi connectivity index (χ3v) is 5.23. The number of phenols is 1. The van der Waals surface area contributed by atoms with Gasteiger partial charge < -0.3 is 20.4 Å². The van der Waals surface area contributed by atoms with Gasteiger partial charge in [0, 0.05) is 33.2 Å². The molecule has 9 heteroatoms. The molecule has 0 fully saturated rings. The van der Waals surface area contributed by atoms with Gasteiger partial charge in [0.05, 0.1) is 17.8 Å².